The molecule has 0 aliphatic rings. The summed E-state index contributed by atoms with van der Waals surface area (Å²) in [6, 6.07) is 0. The molecule has 0 rings (SSSR count). The molecule has 0 fully saturated rings. The minimum atomic E-state index is -4.27. The lowest BCUT2D eigenvalue weighted by atomic mass is 10.0. The number of carbonyl (C=O) groups is 1. The summed E-state index contributed by atoms with van der Waals surface area (Å²) in [5.74, 6) is -0.319. The highest BCUT2D eigenvalue weighted by molar-refractivity contribution is 7.47. The lowest BCUT2D eigenvalue weighted by molar-refractivity contribution is -0.870. The van der Waals surface area contributed by atoms with E-state index in [4.69, 9.17) is 18.5 Å². The van der Waals surface area contributed by atoms with Gasteiger partial charge in [-0.05, 0) is 38.5 Å². The maximum absolute atomic E-state index is 12.7. The lowest BCUT2D eigenvalue weighted by Crippen LogP contribution is -2.37. The van der Waals surface area contributed by atoms with Crippen LogP contribution in [0.1, 0.15) is 206 Å². The number of quaternary nitrogens is 1. The Morgan fingerprint density at radius 1 is 0.566 bits per heavy atom. The van der Waals surface area contributed by atoms with Crippen molar-refractivity contribution >= 4 is 13.8 Å². The van der Waals surface area contributed by atoms with Gasteiger partial charge in [-0.25, -0.2) is 4.57 Å². The van der Waals surface area contributed by atoms with E-state index in [-0.39, 0.29) is 25.8 Å². The number of phosphoric ester groups is 1. The normalized spacial score (nSPS) is 13.8. The fourth-order valence-corrected chi connectivity index (χ4v) is 7.05. The third-order valence-electron chi connectivity index (χ3n) is 9.83. The Kier molecular flexibility index (Phi) is 37.6. The third-order valence-corrected chi connectivity index (χ3v) is 10.8. The number of likely N-dealkylation sites (N-methyl/N-ethyl adjacent to an activating group) is 1. The molecular weight excluding hydrogens is 685 g/mol. The van der Waals surface area contributed by atoms with Crippen LogP contribution in [0.4, 0.5) is 0 Å². The molecule has 0 aromatic heterocycles. The molecule has 53 heavy (non-hydrogen) atoms. The van der Waals surface area contributed by atoms with E-state index in [1.165, 1.54) is 148 Å². The molecule has 0 amide bonds. The van der Waals surface area contributed by atoms with Crippen LogP contribution in [0.3, 0.4) is 0 Å². The van der Waals surface area contributed by atoms with E-state index in [2.05, 4.69) is 26.0 Å². The van der Waals surface area contributed by atoms with Crippen molar-refractivity contribution in [3.8, 4) is 0 Å². The van der Waals surface area contributed by atoms with Gasteiger partial charge in [0.25, 0.3) is 0 Å². The summed E-state index contributed by atoms with van der Waals surface area (Å²) in [6.45, 7) is 5.65. The Morgan fingerprint density at radius 2 is 0.981 bits per heavy atom. The first-order valence-electron chi connectivity index (χ1n) is 22.4. The molecule has 0 heterocycles. The second-order valence-corrected chi connectivity index (χ2v) is 17.9. The number of unbranched alkanes of at least 4 members (excludes halogenated alkanes) is 26. The van der Waals surface area contributed by atoms with Crippen molar-refractivity contribution in [1.82, 2.24) is 0 Å². The average molecular weight is 775 g/mol. The standard InChI is InChI=1S/C44H88NO7P/c1-6-8-10-12-14-16-18-20-22-24-26-28-30-32-34-36-39-49-41-43(42-51-53(47,48)50-40-38-45(3,4)5)52-44(46)37-35-33-31-29-27-25-23-21-19-17-15-13-11-9-7-2/h21,23,43H,6-20,22,24-42H2,1-5H3/p+1/b23-21-/t43-/m1/s1. The molecule has 0 spiro atoms. The minimum absolute atomic E-state index is 0.0902. The van der Waals surface area contributed by atoms with Crippen LogP contribution in [0.25, 0.3) is 0 Å². The Labute approximate surface area is 329 Å². The zero-order chi connectivity index (χ0) is 39.1. The zero-order valence-electron chi connectivity index (χ0n) is 35.8. The molecule has 0 radical (unpaired) electrons. The first-order chi connectivity index (χ1) is 25.6. The predicted octanol–water partition coefficient (Wildman–Crippen LogP) is 13.1. The van der Waals surface area contributed by atoms with Gasteiger partial charge in [0.2, 0.25) is 0 Å². The van der Waals surface area contributed by atoms with Crippen molar-refractivity contribution in [1.29, 1.82) is 0 Å². The van der Waals surface area contributed by atoms with Crippen molar-refractivity contribution in [2.45, 2.75) is 213 Å². The molecule has 0 aromatic rings. The minimum Gasteiger partial charge on any atom is -0.457 e. The van der Waals surface area contributed by atoms with Crippen LogP contribution in [0, 0.1) is 0 Å². The molecule has 1 unspecified atom stereocenters. The molecule has 0 aromatic carbocycles. The molecule has 316 valence electrons. The van der Waals surface area contributed by atoms with Gasteiger partial charge in [-0.2, -0.15) is 0 Å². The first-order valence-corrected chi connectivity index (χ1v) is 23.9. The molecule has 1 N–H and O–H groups in total. The highest BCUT2D eigenvalue weighted by atomic mass is 31.2. The number of carbonyl (C=O) groups excluding carboxylic acids is 1. The second-order valence-electron chi connectivity index (χ2n) is 16.4. The third kappa shape index (κ3) is 42.2. The molecule has 0 saturated carbocycles. The fraction of sp³-hybridized carbons (Fsp3) is 0.932. The average Bonchev–Trinajstić information content (AvgIpc) is 3.11. The van der Waals surface area contributed by atoms with Gasteiger partial charge < -0.3 is 18.9 Å². The number of esters is 1. The molecule has 8 nitrogen and oxygen atoms in total. The second kappa shape index (κ2) is 38.1. The molecule has 0 saturated heterocycles. The van der Waals surface area contributed by atoms with E-state index in [0.29, 0.717) is 24.1 Å². The smallest absolute Gasteiger partial charge is 0.457 e. The van der Waals surface area contributed by atoms with Crippen LogP contribution in [-0.4, -0.2) is 75.6 Å². The van der Waals surface area contributed by atoms with Gasteiger partial charge in [-0.1, -0.05) is 174 Å². The largest absolute Gasteiger partial charge is 0.472 e. The summed E-state index contributed by atoms with van der Waals surface area (Å²) in [5.41, 5.74) is 0. The van der Waals surface area contributed by atoms with Gasteiger partial charge in [0.15, 0.2) is 0 Å². The summed E-state index contributed by atoms with van der Waals surface area (Å²) >= 11 is 0. The Balaban J connectivity index is 4.21. The van der Waals surface area contributed by atoms with Gasteiger partial charge in [0, 0.05) is 13.0 Å². The highest BCUT2D eigenvalue weighted by Crippen LogP contribution is 2.43. The molecule has 2 atom stereocenters. The fourth-order valence-electron chi connectivity index (χ4n) is 6.31. The van der Waals surface area contributed by atoms with Gasteiger partial charge in [-0.15, -0.1) is 0 Å². The van der Waals surface area contributed by atoms with E-state index in [0.717, 1.165) is 38.5 Å². The van der Waals surface area contributed by atoms with E-state index in [1.54, 1.807) is 0 Å². The maximum atomic E-state index is 12.7. The van der Waals surface area contributed by atoms with Gasteiger partial charge >= 0.3 is 13.8 Å². The lowest BCUT2D eigenvalue weighted by Gasteiger charge is -2.24. The number of ether oxygens (including phenoxy) is 2. The quantitative estimate of drug-likeness (QED) is 0.0217. The number of allylic oxidation sites excluding steroid dienone is 2. The van der Waals surface area contributed by atoms with Crippen molar-refractivity contribution in [3.63, 3.8) is 0 Å². The van der Waals surface area contributed by atoms with Crippen LogP contribution in [0.5, 0.6) is 0 Å². The summed E-state index contributed by atoms with van der Waals surface area (Å²) in [6.07, 6.45) is 40.9. The topological polar surface area (TPSA) is 91.3 Å². The Hall–Kier alpha value is -0.760. The number of hydrogen-bond acceptors (Lipinski definition) is 6. The SMILES string of the molecule is CCCCCCCC/C=C\CCCCCCCC(=O)O[C@H](COCCCCCCCCCCCCCCCCCC)COP(=O)(O)OCC[N+](C)(C)C. The molecule has 9 heteroatoms. The summed E-state index contributed by atoms with van der Waals surface area (Å²) < 4.78 is 35.0. The van der Waals surface area contributed by atoms with E-state index >= 15 is 0 Å². The van der Waals surface area contributed by atoms with Crippen LogP contribution < -0.4 is 0 Å². The number of phosphoric acid groups is 1. The predicted molar refractivity (Wildman–Crippen MR) is 224 cm³/mol. The monoisotopic (exact) mass is 775 g/mol. The summed E-state index contributed by atoms with van der Waals surface area (Å²) in [5, 5.41) is 0. The van der Waals surface area contributed by atoms with Crippen LogP contribution in [-0.2, 0) is 27.9 Å². The van der Waals surface area contributed by atoms with Crippen molar-refractivity contribution in [3.05, 3.63) is 12.2 Å². The summed E-state index contributed by atoms with van der Waals surface area (Å²) in [7, 11) is 1.67. The Bertz CT molecular complexity index is 863. The number of rotatable bonds is 42. The van der Waals surface area contributed by atoms with Crippen molar-refractivity contribution in [2.75, 3.05) is 54.1 Å². The molecule has 0 aliphatic carbocycles. The number of hydrogen-bond donors (Lipinski definition) is 1. The van der Waals surface area contributed by atoms with Crippen LogP contribution in [0.2, 0.25) is 0 Å². The van der Waals surface area contributed by atoms with Gasteiger partial charge in [-0.3, -0.25) is 13.8 Å². The van der Waals surface area contributed by atoms with E-state index in [1.807, 2.05) is 21.1 Å². The van der Waals surface area contributed by atoms with E-state index in [9.17, 15) is 14.3 Å². The van der Waals surface area contributed by atoms with Crippen molar-refractivity contribution < 1.29 is 37.3 Å². The van der Waals surface area contributed by atoms with Crippen molar-refractivity contribution in [2.24, 2.45) is 0 Å². The van der Waals surface area contributed by atoms with E-state index < -0.39 is 13.9 Å². The molecule has 0 aliphatic heterocycles. The van der Waals surface area contributed by atoms with Gasteiger partial charge in [0.1, 0.15) is 19.3 Å². The maximum Gasteiger partial charge on any atom is 0.472 e. The zero-order valence-corrected chi connectivity index (χ0v) is 36.7. The number of nitrogens with zero attached hydrogens (tertiary/aromatic N) is 1. The first kappa shape index (κ1) is 52.2. The Morgan fingerprint density at radius 3 is 1.43 bits per heavy atom. The highest BCUT2D eigenvalue weighted by Gasteiger charge is 2.26. The molecule has 0 bridgehead atoms. The van der Waals surface area contributed by atoms with Crippen LogP contribution >= 0.6 is 7.82 Å². The molecular formula is C44H89NO7P+. The van der Waals surface area contributed by atoms with Crippen LogP contribution in [0.15, 0.2) is 12.2 Å². The van der Waals surface area contributed by atoms with Gasteiger partial charge in [0.05, 0.1) is 34.4 Å². The summed E-state index contributed by atoms with van der Waals surface area (Å²) in [4.78, 5) is 22.9.